The third-order valence-corrected chi connectivity index (χ3v) is 3.79. The zero-order chi connectivity index (χ0) is 10.6. The molecule has 0 spiro atoms. The topological polar surface area (TPSA) is 29.1 Å². The highest BCUT2D eigenvalue weighted by atomic mass is 35.5. The maximum absolute atomic E-state index is 12.0. The molecule has 0 radical (unpaired) electrons. The number of hydrogen-bond donors (Lipinski definition) is 1. The van der Waals surface area contributed by atoms with Crippen LogP contribution in [0, 0.1) is 5.41 Å². The van der Waals surface area contributed by atoms with Crippen molar-refractivity contribution in [1.29, 1.82) is 0 Å². The average molecular weight is 218 g/mol. The molecule has 14 heavy (non-hydrogen) atoms. The minimum absolute atomic E-state index is 0.0830. The Hall–Kier alpha value is -0.240. The van der Waals surface area contributed by atoms with Crippen molar-refractivity contribution in [2.24, 2.45) is 5.41 Å². The predicted octanol–water partition coefficient (Wildman–Crippen LogP) is 2.70. The summed E-state index contributed by atoms with van der Waals surface area (Å²) in [6.45, 7) is 4.06. The summed E-state index contributed by atoms with van der Waals surface area (Å²) in [5.41, 5.74) is -0.0830. The smallest absolute Gasteiger partial charge is 0.226 e. The lowest BCUT2D eigenvalue weighted by atomic mass is 9.82. The summed E-state index contributed by atoms with van der Waals surface area (Å²) in [6.07, 6.45) is 5.43. The highest BCUT2D eigenvalue weighted by Gasteiger charge is 2.39. The molecule has 1 atom stereocenters. The Kier molecular flexibility index (Phi) is 4.24. The Bertz CT molecular complexity index is 199. The van der Waals surface area contributed by atoms with Crippen molar-refractivity contribution in [1.82, 2.24) is 5.32 Å². The van der Waals surface area contributed by atoms with E-state index in [-0.39, 0.29) is 17.4 Å². The van der Waals surface area contributed by atoms with Gasteiger partial charge in [0.2, 0.25) is 5.91 Å². The van der Waals surface area contributed by atoms with Crippen molar-refractivity contribution in [3.05, 3.63) is 0 Å². The Morgan fingerprint density at radius 1 is 1.50 bits per heavy atom. The van der Waals surface area contributed by atoms with E-state index in [1.807, 2.05) is 6.92 Å². The molecule has 1 aliphatic rings. The van der Waals surface area contributed by atoms with Crippen LogP contribution >= 0.6 is 11.6 Å². The van der Waals surface area contributed by atoms with Gasteiger partial charge in [0.15, 0.2) is 0 Å². The SMILES string of the molecule is CCC1(C(=O)NC(C)CCl)CCCC1. The van der Waals surface area contributed by atoms with E-state index >= 15 is 0 Å². The van der Waals surface area contributed by atoms with Gasteiger partial charge in [-0.15, -0.1) is 11.6 Å². The highest BCUT2D eigenvalue weighted by Crippen LogP contribution is 2.41. The molecule has 1 fully saturated rings. The van der Waals surface area contributed by atoms with Gasteiger partial charge in [-0.05, 0) is 26.2 Å². The van der Waals surface area contributed by atoms with Crippen LogP contribution in [0.3, 0.4) is 0 Å². The van der Waals surface area contributed by atoms with E-state index in [0.717, 1.165) is 19.3 Å². The molecule has 0 aromatic carbocycles. The Morgan fingerprint density at radius 3 is 2.50 bits per heavy atom. The molecule has 0 aromatic rings. The van der Waals surface area contributed by atoms with Gasteiger partial charge in [0.25, 0.3) is 0 Å². The van der Waals surface area contributed by atoms with E-state index in [9.17, 15) is 4.79 Å². The first-order chi connectivity index (χ1) is 6.64. The van der Waals surface area contributed by atoms with Gasteiger partial charge in [-0.3, -0.25) is 4.79 Å². The van der Waals surface area contributed by atoms with Crippen molar-refractivity contribution in [3.63, 3.8) is 0 Å². The first-order valence-electron chi connectivity index (χ1n) is 5.51. The van der Waals surface area contributed by atoms with E-state index in [2.05, 4.69) is 12.2 Å². The Labute approximate surface area is 91.4 Å². The molecule has 2 nitrogen and oxygen atoms in total. The highest BCUT2D eigenvalue weighted by molar-refractivity contribution is 6.18. The summed E-state index contributed by atoms with van der Waals surface area (Å²) in [5, 5.41) is 2.99. The number of rotatable bonds is 4. The zero-order valence-corrected chi connectivity index (χ0v) is 9.86. The van der Waals surface area contributed by atoms with Crippen molar-refractivity contribution in [3.8, 4) is 0 Å². The predicted molar refractivity (Wildman–Crippen MR) is 59.5 cm³/mol. The molecule has 1 aliphatic carbocycles. The zero-order valence-electron chi connectivity index (χ0n) is 9.11. The molecule has 0 aliphatic heterocycles. The fourth-order valence-corrected chi connectivity index (χ4v) is 2.29. The maximum atomic E-state index is 12.0. The standard InChI is InChI=1S/C11H20ClNO/c1-3-11(6-4-5-7-11)10(14)13-9(2)8-12/h9H,3-8H2,1-2H3,(H,13,14). The van der Waals surface area contributed by atoms with Gasteiger partial charge in [0.05, 0.1) is 0 Å². The first-order valence-corrected chi connectivity index (χ1v) is 6.05. The van der Waals surface area contributed by atoms with Crippen molar-refractivity contribution < 1.29 is 4.79 Å². The van der Waals surface area contributed by atoms with Crippen molar-refractivity contribution in [2.75, 3.05) is 5.88 Å². The molecule has 82 valence electrons. The first kappa shape index (κ1) is 11.8. The maximum Gasteiger partial charge on any atom is 0.226 e. The number of amides is 1. The molecule has 0 aromatic heterocycles. The molecule has 1 rings (SSSR count). The van der Waals surface area contributed by atoms with Crippen LogP contribution in [-0.4, -0.2) is 17.8 Å². The second-order valence-electron chi connectivity index (χ2n) is 4.37. The summed E-state index contributed by atoms with van der Waals surface area (Å²) in [5.74, 6) is 0.705. The van der Waals surface area contributed by atoms with Crippen LogP contribution in [0.5, 0.6) is 0 Å². The molecular formula is C11H20ClNO. The quantitative estimate of drug-likeness (QED) is 0.721. The van der Waals surface area contributed by atoms with Crippen LogP contribution < -0.4 is 5.32 Å². The summed E-state index contributed by atoms with van der Waals surface area (Å²) >= 11 is 5.68. The number of halogens is 1. The summed E-state index contributed by atoms with van der Waals surface area (Å²) in [7, 11) is 0. The number of carbonyl (C=O) groups excluding carboxylic acids is 1. The number of carbonyl (C=O) groups is 1. The molecule has 0 heterocycles. The molecule has 3 heteroatoms. The van der Waals surface area contributed by atoms with E-state index < -0.39 is 0 Å². The van der Waals surface area contributed by atoms with Crippen LogP contribution in [0.15, 0.2) is 0 Å². The second kappa shape index (κ2) is 5.01. The second-order valence-corrected chi connectivity index (χ2v) is 4.68. The van der Waals surface area contributed by atoms with Crippen LogP contribution in [0.1, 0.15) is 46.0 Å². The van der Waals surface area contributed by atoms with Gasteiger partial charge in [0.1, 0.15) is 0 Å². The third-order valence-electron chi connectivity index (χ3n) is 3.33. The molecule has 1 saturated carbocycles. The molecule has 1 unspecified atom stereocenters. The van der Waals surface area contributed by atoms with Crippen molar-refractivity contribution >= 4 is 17.5 Å². The Balaban J connectivity index is 2.56. The fourth-order valence-electron chi connectivity index (χ4n) is 2.21. The van der Waals surface area contributed by atoms with Crippen LogP contribution in [-0.2, 0) is 4.79 Å². The largest absolute Gasteiger partial charge is 0.352 e. The average Bonchev–Trinajstić information content (AvgIpc) is 2.67. The van der Waals surface area contributed by atoms with Gasteiger partial charge >= 0.3 is 0 Å². The van der Waals surface area contributed by atoms with Crippen molar-refractivity contribution in [2.45, 2.75) is 52.0 Å². The molecule has 0 saturated heterocycles. The normalized spacial score (nSPS) is 21.9. The fraction of sp³-hybridized carbons (Fsp3) is 0.909. The van der Waals surface area contributed by atoms with Gasteiger partial charge in [0, 0.05) is 17.3 Å². The molecule has 0 bridgehead atoms. The monoisotopic (exact) mass is 217 g/mol. The van der Waals surface area contributed by atoms with Gasteiger partial charge in [-0.1, -0.05) is 19.8 Å². The molecule has 1 amide bonds. The van der Waals surface area contributed by atoms with Crippen LogP contribution in [0.2, 0.25) is 0 Å². The molecule has 1 N–H and O–H groups in total. The number of nitrogens with one attached hydrogen (secondary N) is 1. The summed E-state index contributed by atoms with van der Waals surface area (Å²) < 4.78 is 0. The summed E-state index contributed by atoms with van der Waals surface area (Å²) in [6, 6.07) is 0.0909. The van der Waals surface area contributed by atoms with Gasteiger partial charge in [-0.25, -0.2) is 0 Å². The lowest BCUT2D eigenvalue weighted by Crippen LogP contribution is -2.43. The molecular weight excluding hydrogens is 198 g/mol. The minimum atomic E-state index is -0.0830. The Morgan fingerprint density at radius 2 is 2.07 bits per heavy atom. The lowest BCUT2D eigenvalue weighted by molar-refractivity contribution is -0.131. The van der Waals surface area contributed by atoms with Crippen LogP contribution in [0.4, 0.5) is 0 Å². The third kappa shape index (κ3) is 2.41. The van der Waals surface area contributed by atoms with E-state index in [4.69, 9.17) is 11.6 Å². The van der Waals surface area contributed by atoms with E-state index in [1.165, 1.54) is 12.8 Å². The number of hydrogen-bond acceptors (Lipinski definition) is 1. The van der Waals surface area contributed by atoms with E-state index in [0.29, 0.717) is 5.88 Å². The van der Waals surface area contributed by atoms with E-state index in [1.54, 1.807) is 0 Å². The number of alkyl halides is 1. The lowest BCUT2D eigenvalue weighted by Gasteiger charge is -2.27. The summed E-state index contributed by atoms with van der Waals surface area (Å²) in [4.78, 5) is 12.0. The van der Waals surface area contributed by atoms with Gasteiger partial charge in [-0.2, -0.15) is 0 Å². The van der Waals surface area contributed by atoms with Gasteiger partial charge < -0.3 is 5.32 Å². The van der Waals surface area contributed by atoms with Crippen LogP contribution in [0.25, 0.3) is 0 Å². The minimum Gasteiger partial charge on any atom is -0.352 e.